The van der Waals surface area contributed by atoms with Gasteiger partial charge in [0.15, 0.2) is 5.13 Å². The van der Waals surface area contributed by atoms with E-state index in [-0.39, 0.29) is 23.8 Å². The molecular weight excluding hydrogens is 438 g/mol. The summed E-state index contributed by atoms with van der Waals surface area (Å²) in [4.78, 5) is 46.8. The van der Waals surface area contributed by atoms with Crippen LogP contribution in [0.15, 0.2) is 42.5 Å². The number of para-hydroxylation sites is 1. The van der Waals surface area contributed by atoms with E-state index >= 15 is 0 Å². The van der Waals surface area contributed by atoms with E-state index < -0.39 is 0 Å². The van der Waals surface area contributed by atoms with Crippen LogP contribution < -0.4 is 4.90 Å². The molecule has 0 bridgehead atoms. The fraction of sp³-hybridized carbons (Fsp3) is 0.360. The maximum atomic E-state index is 13.7. The number of benzene rings is 2. The highest BCUT2D eigenvalue weighted by Crippen LogP contribution is 2.32. The first-order valence-electron chi connectivity index (χ1n) is 11.4. The van der Waals surface area contributed by atoms with Gasteiger partial charge in [0.25, 0.3) is 17.7 Å². The third-order valence-corrected chi connectivity index (χ3v) is 7.18. The number of nitrogens with zero attached hydrogens (tertiary/aromatic N) is 3. The van der Waals surface area contributed by atoms with E-state index in [0.29, 0.717) is 41.5 Å². The van der Waals surface area contributed by atoms with E-state index in [9.17, 15) is 14.4 Å². The zero-order valence-corrected chi connectivity index (χ0v) is 19.3. The standard InChI is InChI=1S/C25H25N3O4S/c1-2-3-12-27-23(30)18-11-10-16(14-19(18)24(27)31)22(29)28(15-17-7-6-13-32-17)25-26-20-8-4-5-9-21(20)33-25/h4-5,8-11,14,17H,2-3,6-7,12-13,15H2,1H3. The summed E-state index contributed by atoms with van der Waals surface area (Å²) in [7, 11) is 0. The summed E-state index contributed by atoms with van der Waals surface area (Å²) in [6, 6.07) is 12.6. The van der Waals surface area contributed by atoms with Gasteiger partial charge in [-0.3, -0.25) is 24.2 Å². The van der Waals surface area contributed by atoms with Crippen molar-refractivity contribution >= 4 is 44.4 Å². The van der Waals surface area contributed by atoms with Crippen molar-refractivity contribution < 1.29 is 19.1 Å². The molecule has 1 aromatic heterocycles. The minimum Gasteiger partial charge on any atom is -0.376 e. The average Bonchev–Trinajstić information content (AvgIpc) is 3.55. The fourth-order valence-electron chi connectivity index (χ4n) is 4.31. The van der Waals surface area contributed by atoms with Gasteiger partial charge in [-0.05, 0) is 49.6 Å². The van der Waals surface area contributed by atoms with Crippen LogP contribution in [0.1, 0.15) is 63.7 Å². The van der Waals surface area contributed by atoms with Crippen LogP contribution in [-0.4, -0.2) is 53.4 Å². The third-order valence-electron chi connectivity index (χ3n) is 6.12. The predicted molar refractivity (Wildman–Crippen MR) is 127 cm³/mol. The molecule has 1 unspecified atom stereocenters. The van der Waals surface area contributed by atoms with Gasteiger partial charge in [-0.15, -0.1) is 0 Å². The lowest BCUT2D eigenvalue weighted by molar-refractivity contribution is 0.0652. The quantitative estimate of drug-likeness (QED) is 0.482. The van der Waals surface area contributed by atoms with Crippen LogP contribution in [0.4, 0.5) is 5.13 Å². The summed E-state index contributed by atoms with van der Waals surface area (Å²) < 4.78 is 6.80. The monoisotopic (exact) mass is 463 g/mol. The second-order valence-electron chi connectivity index (χ2n) is 8.39. The van der Waals surface area contributed by atoms with Crippen LogP contribution in [-0.2, 0) is 4.74 Å². The predicted octanol–water partition coefficient (Wildman–Crippen LogP) is 4.52. The van der Waals surface area contributed by atoms with Gasteiger partial charge in [-0.2, -0.15) is 0 Å². The van der Waals surface area contributed by atoms with Crippen LogP contribution >= 0.6 is 11.3 Å². The number of hydrogen-bond donors (Lipinski definition) is 0. The van der Waals surface area contributed by atoms with E-state index in [1.807, 2.05) is 31.2 Å². The first kappa shape index (κ1) is 21.7. The fourth-order valence-corrected chi connectivity index (χ4v) is 5.29. The minimum atomic E-state index is -0.330. The molecule has 0 aliphatic carbocycles. The van der Waals surface area contributed by atoms with E-state index in [2.05, 4.69) is 4.98 Å². The van der Waals surface area contributed by atoms with Gasteiger partial charge in [-0.1, -0.05) is 36.8 Å². The second-order valence-corrected chi connectivity index (χ2v) is 9.40. The Hall–Kier alpha value is -3.10. The van der Waals surface area contributed by atoms with Gasteiger partial charge >= 0.3 is 0 Å². The van der Waals surface area contributed by atoms with Crippen LogP contribution in [0.3, 0.4) is 0 Å². The number of amides is 3. The molecule has 3 aromatic rings. The molecule has 8 heteroatoms. The number of rotatable bonds is 7. The number of thiazole rings is 1. The molecule has 1 saturated heterocycles. The summed E-state index contributed by atoms with van der Waals surface area (Å²) >= 11 is 1.46. The van der Waals surface area contributed by atoms with Crippen molar-refractivity contribution in [1.29, 1.82) is 0 Å². The zero-order chi connectivity index (χ0) is 22.9. The molecule has 2 aliphatic rings. The Kier molecular flexibility index (Phi) is 5.95. The zero-order valence-electron chi connectivity index (χ0n) is 18.5. The molecule has 2 aromatic carbocycles. The van der Waals surface area contributed by atoms with Crippen molar-refractivity contribution in [3.05, 3.63) is 59.2 Å². The van der Waals surface area contributed by atoms with Crippen LogP contribution in [0.2, 0.25) is 0 Å². The number of unbranched alkanes of at least 4 members (excludes halogenated alkanes) is 1. The SMILES string of the molecule is CCCCN1C(=O)c2ccc(C(=O)N(CC3CCCO3)c3nc4ccccc4s3)cc2C1=O. The summed E-state index contributed by atoms with van der Waals surface area (Å²) in [5.74, 6) is -0.867. The van der Waals surface area contributed by atoms with E-state index in [1.54, 1.807) is 23.1 Å². The molecule has 1 atom stereocenters. The second kappa shape index (κ2) is 9.03. The Balaban J connectivity index is 1.48. The number of carbonyl (C=O) groups is 3. The number of anilines is 1. The topological polar surface area (TPSA) is 79.8 Å². The molecule has 2 aliphatic heterocycles. The highest BCUT2D eigenvalue weighted by molar-refractivity contribution is 7.22. The van der Waals surface area contributed by atoms with Gasteiger partial charge in [-0.25, -0.2) is 4.98 Å². The Morgan fingerprint density at radius 2 is 2.00 bits per heavy atom. The van der Waals surface area contributed by atoms with Crippen molar-refractivity contribution in [3.63, 3.8) is 0 Å². The number of aromatic nitrogens is 1. The molecule has 33 heavy (non-hydrogen) atoms. The summed E-state index contributed by atoms with van der Waals surface area (Å²) in [5.41, 5.74) is 1.86. The summed E-state index contributed by atoms with van der Waals surface area (Å²) in [5, 5.41) is 0.601. The average molecular weight is 464 g/mol. The van der Waals surface area contributed by atoms with Crippen LogP contribution in [0.5, 0.6) is 0 Å². The molecule has 170 valence electrons. The molecule has 0 N–H and O–H groups in total. The number of carbonyl (C=O) groups excluding carboxylic acids is 3. The van der Waals surface area contributed by atoms with Crippen LogP contribution in [0, 0.1) is 0 Å². The number of imide groups is 1. The normalized spacial score (nSPS) is 17.7. The number of ether oxygens (including phenoxy) is 1. The molecule has 7 nitrogen and oxygen atoms in total. The molecule has 3 heterocycles. The van der Waals surface area contributed by atoms with Gasteiger partial charge in [0.05, 0.1) is 34.0 Å². The Labute approximate surface area is 196 Å². The number of hydrogen-bond acceptors (Lipinski definition) is 6. The maximum Gasteiger partial charge on any atom is 0.261 e. The third kappa shape index (κ3) is 4.05. The van der Waals surface area contributed by atoms with Crippen molar-refractivity contribution in [1.82, 2.24) is 9.88 Å². The van der Waals surface area contributed by atoms with Crippen molar-refractivity contribution in [2.45, 2.75) is 38.7 Å². The van der Waals surface area contributed by atoms with Crippen molar-refractivity contribution in [3.8, 4) is 0 Å². The lowest BCUT2D eigenvalue weighted by Crippen LogP contribution is -2.37. The van der Waals surface area contributed by atoms with Gasteiger partial charge in [0.1, 0.15) is 0 Å². The molecule has 3 amide bonds. The number of fused-ring (bicyclic) bond motifs is 2. The molecule has 5 rings (SSSR count). The first-order valence-corrected chi connectivity index (χ1v) is 12.2. The lowest BCUT2D eigenvalue weighted by Gasteiger charge is -2.23. The maximum absolute atomic E-state index is 13.7. The highest BCUT2D eigenvalue weighted by Gasteiger charge is 2.36. The van der Waals surface area contributed by atoms with Crippen LogP contribution in [0.25, 0.3) is 10.2 Å². The van der Waals surface area contributed by atoms with Crippen molar-refractivity contribution in [2.24, 2.45) is 0 Å². The first-order chi connectivity index (χ1) is 16.1. The van der Waals surface area contributed by atoms with E-state index in [1.165, 1.54) is 16.2 Å². The molecule has 0 saturated carbocycles. The smallest absolute Gasteiger partial charge is 0.261 e. The van der Waals surface area contributed by atoms with Gasteiger partial charge in [0.2, 0.25) is 0 Å². The minimum absolute atomic E-state index is 0.0527. The summed E-state index contributed by atoms with van der Waals surface area (Å²) in [6.07, 6.45) is 3.44. The molecular formula is C25H25N3O4S. The largest absolute Gasteiger partial charge is 0.376 e. The summed E-state index contributed by atoms with van der Waals surface area (Å²) in [6.45, 7) is 3.49. The van der Waals surface area contributed by atoms with E-state index in [4.69, 9.17) is 4.74 Å². The Bertz CT molecular complexity index is 1200. The van der Waals surface area contributed by atoms with Gasteiger partial charge < -0.3 is 4.74 Å². The molecule has 1 fully saturated rings. The molecule has 0 radical (unpaired) electrons. The Morgan fingerprint density at radius 3 is 2.76 bits per heavy atom. The van der Waals surface area contributed by atoms with E-state index in [0.717, 1.165) is 35.9 Å². The highest BCUT2D eigenvalue weighted by atomic mass is 32.1. The lowest BCUT2D eigenvalue weighted by atomic mass is 10.0. The Morgan fingerprint density at radius 1 is 1.18 bits per heavy atom. The van der Waals surface area contributed by atoms with Crippen molar-refractivity contribution in [2.75, 3.05) is 24.6 Å². The van der Waals surface area contributed by atoms with Gasteiger partial charge in [0, 0.05) is 18.7 Å². The molecule has 0 spiro atoms.